The van der Waals surface area contributed by atoms with Crippen molar-refractivity contribution >= 4 is 17.4 Å². The monoisotopic (exact) mass is 404 g/mol. The second-order valence-corrected chi connectivity index (χ2v) is 6.66. The molecule has 0 aliphatic carbocycles. The number of nitrogens with two attached hydrogens (primary N) is 1. The Bertz CT molecular complexity index is 1300. The van der Waals surface area contributed by atoms with E-state index >= 15 is 0 Å². The minimum absolute atomic E-state index is 0.0161. The Morgan fingerprint density at radius 1 is 1.55 bits per heavy atom. The molecule has 1 aliphatic rings. The van der Waals surface area contributed by atoms with E-state index in [4.69, 9.17) is 14.0 Å². The maximum atomic E-state index is 14.4. The predicted octanol–water partition coefficient (Wildman–Crippen LogP) is 2.58. The van der Waals surface area contributed by atoms with Crippen LogP contribution in [0.5, 0.6) is 0 Å². The fraction of sp³-hybridized carbons (Fsp3) is 0.400. The average Bonchev–Trinajstić information content (AvgIpc) is 3.33. The first-order chi connectivity index (χ1) is 16.2. The zero-order chi connectivity index (χ0) is 25.9. The number of carbonyl (C=O) groups is 1. The number of aromatic carboxylic acids is 1. The van der Waals surface area contributed by atoms with E-state index in [0.29, 0.717) is 0 Å². The van der Waals surface area contributed by atoms with Crippen LogP contribution in [0.15, 0.2) is 30.7 Å². The highest BCUT2D eigenvalue weighted by Gasteiger charge is 2.30. The van der Waals surface area contributed by atoms with Crippen LogP contribution in [0, 0.1) is 5.82 Å². The summed E-state index contributed by atoms with van der Waals surface area (Å²) >= 11 is 0. The van der Waals surface area contributed by atoms with Gasteiger partial charge in [0.25, 0.3) is 0 Å². The Kier molecular flexibility index (Phi) is 3.53. The summed E-state index contributed by atoms with van der Waals surface area (Å²) < 4.78 is 65.8. The van der Waals surface area contributed by atoms with E-state index in [0.717, 1.165) is 18.5 Å². The van der Waals surface area contributed by atoms with Crippen molar-refractivity contribution < 1.29 is 22.5 Å². The van der Waals surface area contributed by atoms with Crippen LogP contribution in [0.1, 0.15) is 62.0 Å². The van der Waals surface area contributed by atoms with E-state index in [9.17, 15) is 14.3 Å². The van der Waals surface area contributed by atoms with Gasteiger partial charge >= 0.3 is 5.97 Å². The number of carboxylic acid groups (broad SMARTS) is 1. The van der Waals surface area contributed by atoms with Crippen molar-refractivity contribution in [2.45, 2.75) is 44.5 Å². The van der Waals surface area contributed by atoms with E-state index in [-0.39, 0.29) is 35.6 Å². The SMILES string of the molecule is [2H]C1([2H])CC(c2cc(F)cnc2C([2H])([2H])C([2H])([2H])[C@@H](C)N)N(c2ccn3ncc(C(=O)O)c3n2)C1. The quantitative estimate of drug-likeness (QED) is 0.650. The zero-order valence-electron chi connectivity index (χ0n) is 21.5. The summed E-state index contributed by atoms with van der Waals surface area (Å²) in [5.41, 5.74) is 5.12. The standard InChI is InChI=1S/C20H23FN6O2/c1-12(22)4-5-16-14(9-13(21)10-23-16)17-3-2-7-26(17)18-6-8-27-19(25-18)15(11-24-27)20(28)29/h6,8-12,17H,2-5,7,22H2,1H3,(H,28,29)/t12-,17?/m1/s1/i2D2,4D2,5D2. The minimum atomic E-state index is -2.75. The van der Waals surface area contributed by atoms with Crippen molar-refractivity contribution in [2.24, 2.45) is 5.73 Å². The summed E-state index contributed by atoms with van der Waals surface area (Å²) in [5, 5.41) is 13.3. The molecular weight excluding hydrogens is 375 g/mol. The fourth-order valence-corrected chi connectivity index (χ4v) is 3.23. The van der Waals surface area contributed by atoms with E-state index in [1.807, 2.05) is 0 Å². The predicted molar refractivity (Wildman–Crippen MR) is 105 cm³/mol. The molecule has 1 fully saturated rings. The van der Waals surface area contributed by atoms with Gasteiger partial charge in [0.1, 0.15) is 17.2 Å². The molecule has 152 valence electrons. The average molecular weight is 404 g/mol. The lowest BCUT2D eigenvalue weighted by atomic mass is 9.98. The van der Waals surface area contributed by atoms with Gasteiger partial charge in [0, 0.05) is 32.7 Å². The number of aromatic nitrogens is 4. The van der Waals surface area contributed by atoms with Gasteiger partial charge in [-0.2, -0.15) is 5.10 Å². The lowest BCUT2D eigenvalue weighted by molar-refractivity contribution is 0.0698. The highest BCUT2D eigenvalue weighted by molar-refractivity contribution is 5.94. The van der Waals surface area contributed by atoms with Crippen LogP contribution in [0.3, 0.4) is 0 Å². The van der Waals surface area contributed by atoms with Crippen molar-refractivity contribution in [3.8, 4) is 0 Å². The number of pyridine rings is 1. The molecule has 4 heterocycles. The van der Waals surface area contributed by atoms with E-state index < -0.39 is 48.7 Å². The third-order valence-electron chi connectivity index (χ3n) is 4.54. The summed E-state index contributed by atoms with van der Waals surface area (Å²) in [7, 11) is 0. The Morgan fingerprint density at radius 2 is 2.38 bits per heavy atom. The summed E-state index contributed by atoms with van der Waals surface area (Å²) in [6.45, 7) is 1.10. The molecule has 4 rings (SSSR count). The summed E-state index contributed by atoms with van der Waals surface area (Å²) in [6, 6.07) is 0.288. The topological polar surface area (TPSA) is 110 Å². The first-order valence-corrected chi connectivity index (χ1v) is 8.91. The molecule has 1 unspecified atom stereocenters. The lowest BCUT2D eigenvalue weighted by Gasteiger charge is -2.27. The largest absolute Gasteiger partial charge is 0.477 e. The molecule has 9 heteroatoms. The molecule has 1 saturated heterocycles. The number of anilines is 1. The van der Waals surface area contributed by atoms with Gasteiger partial charge < -0.3 is 15.7 Å². The van der Waals surface area contributed by atoms with Crippen molar-refractivity contribution in [1.29, 1.82) is 0 Å². The zero-order valence-corrected chi connectivity index (χ0v) is 15.5. The van der Waals surface area contributed by atoms with Crippen LogP contribution in [0.25, 0.3) is 5.65 Å². The molecule has 0 radical (unpaired) electrons. The molecule has 2 atom stereocenters. The van der Waals surface area contributed by atoms with Crippen LogP contribution < -0.4 is 10.6 Å². The molecule has 3 N–H and O–H groups in total. The molecule has 8 nitrogen and oxygen atoms in total. The molecule has 0 saturated carbocycles. The van der Waals surface area contributed by atoms with Crippen molar-refractivity contribution in [2.75, 3.05) is 11.4 Å². The van der Waals surface area contributed by atoms with Crippen LogP contribution >= 0.6 is 0 Å². The van der Waals surface area contributed by atoms with Gasteiger partial charge in [-0.25, -0.2) is 18.7 Å². The van der Waals surface area contributed by atoms with Crippen molar-refractivity contribution in [1.82, 2.24) is 19.6 Å². The molecule has 0 spiro atoms. The Morgan fingerprint density at radius 3 is 3.14 bits per heavy atom. The normalized spacial score (nSPS) is 23.6. The summed E-state index contributed by atoms with van der Waals surface area (Å²) in [4.78, 5) is 21.2. The van der Waals surface area contributed by atoms with Gasteiger partial charge in [-0.05, 0) is 50.2 Å². The first kappa shape index (κ1) is 13.2. The molecule has 0 amide bonds. The van der Waals surface area contributed by atoms with Crippen LogP contribution in [-0.4, -0.2) is 43.2 Å². The molecule has 0 bridgehead atoms. The number of carboxylic acids is 1. The van der Waals surface area contributed by atoms with Crippen LogP contribution in [-0.2, 0) is 6.37 Å². The Labute approximate surface area is 175 Å². The molecule has 3 aromatic rings. The number of halogens is 1. The number of rotatable bonds is 6. The Balaban J connectivity index is 1.88. The summed E-state index contributed by atoms with van der Waals surface area (Å²) in [5.74, 6) is -1.89. The lowest BCUT2D eigenvalue weighted by Crippen LogP contribution is -2.25. The van der Waals surface area contributed by atoms with E-state index in [1.165, 1.54) is 28.6 Å². The van der Waals surface area contributed by atoms with Gasteiger partial charge in [0.05, 0.1) is 18.4 Å². The molecule has 3 aromatic heterocycles. The maximum absolute atomic E-state index is 14.4. The van der Waals surface area contributed by atoms with E-state index in [2.05, 4.69) is 15.1 Å². The van der Waals surface area contributed by atoms with E-state index in [1.54, 1.807) is 0 Å². The number of nitrogens with zero attached hydrogens (tertiary/aromatic N) is 5. The van der Waals surface area contributed by atoms with Crippen molar-refractivity contribution in [3.05, 3.63) is 53.4 Å². The van der Waals surface area contributed by atoms with Gasteiger partial charge in [-0.1, -0.05) is 0 Å². The van der Waals surface area contributed by atoms with Crippen molar-refractivity contribution in [3.63, 3.8) is 0 Å². The van der Waals surface area contributed by atoms with Gasteiger partial charge in [-0.3, -0.25) is 4.98 Å². The second kappa shape index (κ2) is 7.75. The fourth-order valence-electron chi connectivity index (χ4n) is 3.23. The molecule has 1 aliphatic heterocycles. The third kappa shape index (κ3) is 3.77. The number of hydrogen-bond acceptors (Lipinski definition) is 6. The van der Waals surface area contributed by atoms with Crippen LogP contribution in [0.2, 0.25) is 0 Å². The number of hydrogen-bond donors (Lipinski definition) is 2. The molecular formula is C20H23FN6O2. The molecule has 0 aromatic carbocycles. The summed E-state index contributed by atoms with van der Waals surface area (Å²) in [6.07, 6.45) is -3.96. The smallest absolute Gasteiger partial charge is 0.341 e. The van der Waals surface area contributed by atoms with Crippen LogP contribution in [0.4, 0.5) is 10.2 Å². The second-order valence-electron chi connectivity index (χ2n) is 6.66. The highest BCUT2D eigenvalue weighted by atomic mass is 19.1. The highest BCUT2D eigenvalue weighted by Crippen LogP contribution is 2.37. The maximum Gasteiger partial charge on any atom is 0.341 e. The number of fused-ring (bicyclic) bond motifs is 1. The van der Waals surface area contributed by atoms with Gasteiger partial charge in [0.15, 0.2) is 5.65 Å². The van der Waals surface area contributed by atoms with Gasteiger partial charge in [-0.15, -0.1) is 0 Å². The minimum Gasteiger partial charge on any atom is -0.477 e. The number of aryl methyl sites for hydroxylation is 1. The van der Waals surface area contributed by atoms with Gasteiger partial charge in [0.2, 0.25) is 0 Å². The third-order valence-corrected chi connectivity index (χ3v) is 4.54. The first-order valence-electron chi connectivity index (χ1n) is 11.9. The molecule has 29 heavy (non-hydrogen) atoms. The Hall–Kier alpha value is -3.07.